The standard InChI is InChI=1S/C15H29N3/c1-6-13-11-14(18(5)17-13)9-8-10-15(12(3)4)16-7-2/h11-12,15-16H,6-10H2,1-5H3. The predicted octanol–water partition coefficient (Wildman–Crippen LogP) is 2.94. The molecule has 1 aromatic rings. The van der Waals surface area contributed by atoms with Crippen molar-refractivity contribution in [2.75, 3.05) is 6.54 Å². The number of hydrogen-bond donors (Lipinski definition) is 1. The van der Waals surface area contributed by atoms with Crippen molar-refractivity contribution in [1.82, 2.24) is 15.1 Å². The van der Waals surface area contributed by atoms with Gasteiger partial charge in [-0.25, -0.2) is 0 Å². The smallest absolute Gasteiger partial charge is 0.0624 e. The van der Waals surface area contributed by atoms with Gasteiger partial charge < -0.3 is 5.32 Å². The molecule has 1 N–H and O–H groups in total. The summed E-state index contributed by atoms with van der Waals surface area (Å²) in [5, 5.41) is 8.08. The average molecular weight is 251 g/mol. The van der Waals surface area contributed by atoms with Crippen molar-refractivity contribution in [2.24, 2.45) is 13.0 Å². The maximum Gasteiger partial charge on any atom is 0.0624 e. The SMILES string of the molecule is CCNC(CCCc1cc(CC)nn1C)C(C)C. The van der Waals surface area contributed by atoms with Crippen LogP contribution in [0.1, 0.15) is 51.9 Å². The fourth-order valence-corrected chi connectivity index (χ4v) is 2.41. The summed E-state index contributed by atoms with van der Waals surface area (Å²) in [6.07, 6.45) is 4.65. The molecule has 104 valence electrons. The number of hydrogen-bond acceptors (Lipinski definition) is 2. The molecule has 0 spiro atoms. The lowest BCUT2D eigenvalue weighted by atomic mass is 9.98. The van der Waals surface area contributed by atoms with Crippen LogP contribution in [0.25, 0.3) is 0 Å². The van der Waals surface area contributed by atoms with Crippen LogP contribution in [-0.4, -0.2) is 22.4 Å². The number of aromatic nitrogens is 2. The zero-order valence-electron chi connectivity index (χ0n) is 12.7. The van der Waals surface area contributed by atoms with Gasteiger partial charge in [0.2, 0.25) is 0 Å². The second kappa shape index (κ2) is 7.57. The lowest BCUT2D eigenvalue weighted by Gasteiger charge is -2.21. The molecule has 0 saturated carbocycles. The molecule has 3 heteroatoms. The third-order valence-electron chi connectivity index (χ3n) is 3.61. The molecule has 1 unspecified atom stereocenters. The molecule has 3 nitrogen and oxygen atoms in total. The highest BCUT2D eigenvalue weighted by molar-refractivity contribution is 5.10. The first-order valence-corrected chi connectivity index (χ1v) is 7.33. The van der Waals surface area contributed by atoms with Gasteiger partial charge in [-0.3, -0.25) is 4.68 Å². The maximum atomic E-state index is 4.50. The fourth-order valence-electron chi connectivity index (χ4n) is 2.41. The molecule has 0 aliphatic rings. The van der Waals surface area contributed by atoms with Crippen LogP contribution in [0, 0.1) is 5.92 Å². The Morgan fingerprint density at radius 2 is 2.06 bits per heavy atom. The van der Waals surface area contributed by atoms with E-state index in [-0.39, 0.29) is 0 Å². The number of nitrogens with one attached hydrogen (secondary N) is 1. The highest BCUT2D eigenvalue weighted by Gasteiger charge is 2.12. The first kappa shape index (κ1) is 15.2. The second-order valence-electron chi connectivity index (χ2n) is 5.40. The molecule has 1 atom stereocenters. The molecule has 0 radical (unpaired) electrons. The molecule has 1 aromatic heterocycles. The van der Waals surface area contributed by atoms with Crippen molar-refractivity contribution in [2.45, 2.75) is 59.4 Å². The van der Waals surface area contributed by atoms with E-state index in [1.54, 1.807) is 0 Å². The van der Waals surface area contributed by atoms with E-state index in [1.807, 2.05) is 4.68 Å². The van der Waals surface area contributed by atoms with Crippen molar-refractivity contribution in [1.29, 1.82) is 0 Å². The molecular formula is C15H29N3. The summed E-state index contributed by atoms with van der Waals surface area (Å²) in [7, 11) is 2.05. The Morgan fingerprint density at radius 1 is 1.33 bits per heavy atom. The first-order valence-electron chi connectivity index (χ1n) is 7.33. The van der Waals surface area contributed by atoms with E-state index < -0.39 is 0 Å². The molecule has 0 saturated heterocycles. The Labute approximate surface area is 112 Å². The zero-order valence-corrected chi connectivity index (χ0v) is 12.7. The molecule has 0 bridgehead atoms. The molecule has 1 heterocycles. The van der Waals surface area contributed by atoms with Gasteiger partial charge in [-0.05, 0) is 44.2 Å². The maximum absolute atomic E-state index is 4.50. The van der Waals surface area contributed by atoms with E-state index >= 15 is 0 Å². The predicted molar refractivity (Wildman–Crippen MR) is 77.8 cm³/mol. The molecule has 0 fully saturated rings. The van der Waals surface area contributed by atoms with Crippen molar-refractivity contribution in [3.8, 4) is 0 Å². The summed E-state index contributed by atoms with van der Waals surface area (Å²) in [4.78, 5) is 0. The Morgan fingerprint density at radius 3 is 2.56 bits per heavy atom. The van der Waals surface area contributed by atoms with Crippen molar-refractivity contribution < 1.29 is 0 Å². The van der Waals surface area contributed by atoms with Crippen molar-refractivity contribution in [3.05, 3.63) is 17.5 Å². The monoisotopic (exact) mass is 251 g/mol. The number of rotatable bonds is 8. The Bertz CT molecular complexity index is 342. The minimum absolute atomic E-state index is 0.647. The number of nitrogens with zero attached hydrogens (tertiary/aromatic N) is 2. The summed E-state index contributed by atoms with van der Waals surface area (Å²) in [6.45, 7) is 10.0. The van der Waals surface area contributed by atoms with Crippen LogP contribution in [-0.2, 0) is 19.9 Å². The van der Waals surface area contributed by atoms with Gasteiger partial charge in [-0.1, -0.05) is 27.7 Å². The Hall–Kier alpha value is -0.830. The molecule has 0 aliphatic carbocycles. The number of aryl methyl sites for hydroxylation is 3. The molecule has 18 heavy (non-hydrogen) atoms. The summed E-state index contributed by atoms with van der Waals surface area (Å²) < 4.78 is 2.04. The molecule has 0 aliphatic heterocycles. The molecule has 0 aromatic carbocycles. The van der Waals surface area contributed by atoms with E-state index in [1.165, 1.54) is 24.2 Å². The van der Waals surface area contributed by atoms with Crippen LogP contribution in [0.5, 0.6) is 0 Å². The van der Waals surface area contributed by atoms with Gasteiger partial charge in [0.15, 0.2) is 0 Å². The van der Waals surface area contributed by atoms with Gasteiger partial charge in [0.05, 0.1) is 5.69 Å². The lowest BCUT2D eigenvalue weighted by molar-refractivity contribution is 0.376. The quantitative estimate of drug-likeness (QED) is 0.770. The minimum atomic E-state index is 0.647. The Balaban J connectivity index is 2.42. The summed E-state index contributed by atoms with van der Waals surface area (Å²) in [5.74, 6) is 0.711. The molecule has 0 amide bonds. The third kappa shape index (κ3) is 4.45. The van der Waals surface area contributed by atoms with Crippen LogP contribution in [0.3, 0.4) is 0 Å². The van der Waals surface area contributed by atoms with Gasteiger partial charge in [-0.15, -0.1) is 0 Å². The summed E-state index contributed by atoms with van der Waals surface area (Å²) in [6, 6.07) is 2.89. The van der Waals surface area contributed by atoms with Crippen LogP contribution < -0.4 is 5.32 Å². The van der Waals surface area contributed by atoms with Gasteiger partial charge in [0.1, 0.15) is 0 Å². The Kier molecular flexibility index (Phi) is 6.41. The van der Waals surface area contributed by atoms with E-state index in [0.29, 0.717) is 12.0 Å². The summed E-state index contributed by atoms with van der Waals surface area (Å²) >= 11 is 0. The van der Waals surface area contributed by atoms with Crippen LogP contribution in [0.4, 0.5) is 0 Å². The molecule has 1 rings (SSSR count). The average Bonchev–Trinajstić information content (AvgIpc) is 2.69. The van der Waals surface area contributed by atoms with Crippen molar-refractivity contribution in [3.63, 3.8) is 0 Å². The minimum Gasteiger partial charge on any atom is -0.314 e. The first-order chi connectivity index (χ1) is 8.58. The largest absolute Gasteiger partial charge is 0.314 e. The third-order valence-corrected chi connectivity index (χ3v) is 3.61. The van der Waals surface area contributed by atoms with Crippen LogP contribution >= 0.6 is 0 Å². The van der Waals surface area contributed by atoms with Crippen LogP contribution in [0.15, 0.2) is 6.07 Å². The lowest BCUT2D eigenvalue weighted by Crippen LogP contribution is -2.33. The van der Waals surface area contributed by atoms with E-state index in [4.69, 9.17) is 0 Å². The summed E-state index contributed by atoms with van der Waals surface area (Å²) in [5.41, 5.74) is 2.57. The zero-order chi connectivity index (χ0) is 13.5. The van der Waals surface area contributed by atoms with E-state index in [2.05, 4.69) is 51.2 Å². The normalized spacial score (nSPS) is 13.2. The topological polar surface area (TPSA) is 29.9 Å². The highest BCUT2D eigenvalue weighted by Crippen LogP contribution is 2.13. The fraction of sp³-hybridized carbons (Fsp3) is 0.800. The highest BCUT2D eigenvalue weighted by atomic mass is 15.3. The van der Waals surface area contributed by atoms with E-state index in [0.717, 1.165) is 19.4 Å². The van der Waals surface area contributed by atoms with Gasteiger partial charge in [0, 0.05) is 18.8 Å². The second-order valence-corrected chi connectivity index (χ2v) is 5.40. The van der Waals surface area contributed by atoms with Gasteiger partial charge in [-0.2, -0.15) is 5.10 Å². The van der Waals surface area contributed by atoms with Crippen molar-refractivity contribution >= 4 is 0 Å². The molecular weight excluding hydrogens is 222 g/mol. The van der Waals surface area contributed by atoms with Crippen LogP contribution in [0.2, 0.25) is 0 Å². The van der Waals surface area contributed by atoms with Gasteiger partial charge >= 0.3 is 0 Å². The van der Waals surface area contributed by atoms with Gasteiger partial charge in [0.25, 0.3) is 0 Å². The van der Waals surface area contributed by atoms with E-state index in [9.17, 15) is 0 Å².